The van der Waals surface area contributed by atoms with Gasteiger partial charge in [0.2, 0.25) is 0 Å². The molecule has 0 saturated carbocycles. The van der Waals surface area contributed by atoms with E-state index in [2.05, 4.69) is 25.5 Å². The number of morpholine rings is 1. The fraction of sp³-hybridized carbons (Fsp3) is 0.400. The Bertz CT molecular complexity index is 449. The molecule has 0 radical (unpaired) electrons. The Balaban J connectivity index is 0.000000169. The third-order valence-corrected chi connectivity index (χ3v) is 3.19. The second-order valence-electron chi connectivity index (χ2n) is 3.44. The Kier molecular flexibility index (Phi) is 5.34. The van der Waals surface area contributed by atoms with E-state index in [9.17, 15) is 0 Å². The van der Waals surface area contributed by atoms with Crippen molar-refractivity contribution in [3.63, 3.8) is 0 Å². The lowest BCUT2D eigenvalue weighted by Gasteiger charge is -2.07. The van der Waals surface area contributed by atoms with Crippen LogP contribution in [0.2, 0.25) is 0 Å². The van der Waals surface area contributed by atoms with Crippen molar-refractivity contribution in [1.29, 1.82) is 0 Å². The number of hydrogen-bond acceptors (Lipinski definition) is 7. The van der Waals surface area contributed by atoms with E-state index in [1.165, 1.54) is 11.3 Å². The molecule has 2 N–H and O–H groups in total. The number of nitrogens with two attached hydrogens (primary N) is 1. The monoisotopic (exact) mass is 283 g/mol. The van der Waals surface area contributed by atoms with Gasteiger partial charge in [-0.05, 0) is 4.34 Å². The van der Waals surface area contributed by atoms with Gasteiger partial charge in [0.25, 0.3) is 0 Å². The van der Waals surface area contributed by atoms with Gasteiger partial charge in [-0.2, -0.15) is 10.2 Å². The summed E-state index contributed by atoms with van der Waals surface area (Å²) in [6, 6.07) is 0. The molecule has 0 aromatic carbocycles. The van der Waals surface area contributed by atoms with Crippen LogP contribution in [0.1, 0.15) is 0 Å². The van der Waals surface area contributed by atoms with Crippen molar-refractivity contribution in [2.75, 3.05) is 26.3 Å². The lowest BCUT2D eigenvalue weighted by Crippen LogP contribution is -2.87. The van der Waals surface area contributed by atoms with E-state index in [1.54, 1.807) is 18.6 Å². The fourth-order valence-corrected chi connectivity index (χ4v) is 2.12. The van der Waals surface area contributed by atoms with Crippen molar-refractivity contribution in [3.8, 4) is 10.7 Å². The zero-order chi connectivity index (χ0) is 12.6. The molecule has 0 unspecified atom stereocenters. The summed E-state index contributed by atoms with van der Waals surface area (Å²) in [5.41, 5.74) is 0.714. The summed E-state index contributed by atoms with van der Waals surface area (Å²) in [7, 11) is 0. The van der Waals surface area contributed by atoms with Crippen molar-refractivity contribution >= 4 is 24.0 Å². The lowest BCUT2D eigenvalue weighted by molar-refractivity contribution is -0.670. The predicted octanol–water partition coefficient (Wildman–Crippen LogP) is -0.519. The first-order chi connectivity index (χ1) is 8.86. The molecular formula is C10H13N5OS2. The van der Waals surface area contributed by atoms with E-state index in [4.69, 9.17) is 17.4 Å². The molecular weight excluding hydrogens is 270 g/mol. The molecule has 0 aliphatic carbocycles. The van der Waals surface area contributed by atoms with Crippen LogP contribution in [0, 0.1) is 0 Å². The minimum absolute atomic E-state index is 0.524. The Hall–Kier alpha value is -1.22. The van der Waals surface area contributed by atoms with Crippen LogP contribution in [-0.4, -0.2) is 46.5 Å². The van der Waals surface area contributed by atoms with E-state index >= 15 is 0 Å². The van der Waals surface area contributed by atoms with E-state index in [1.807, 2.05) is 0 Å². The third kappa shape index (κ3) is 4.22. The molecule has 18 heavy (non-hydrogen) atoms. The van der Waals surface area contributed by atoms with E-state index < -0.39 is 0 Å². The van der Waals surface area contributed by atoms with Gasteiger partial charge in [-0.15, -0.1) is 0 Å². The molecule has 0 bridgehead atoms. The van der Waals surface area contributed by atoms with Crippen LogP contribution in [0.25, 0.3) is 10.7 Å². The number of rotatable bonds is 1. The fourth-order valence-electron chi connectivity index (χ4n) is 1.30. The number of ether oxygens (including phenoxy) is 1. The van der Waals surface area contributed by atoms with Crippen molar-refractivity contribution < 1.29 is 10.1 Å². The summed E-state index contributed by atoms with van der Waals surface area (Å²) in [4.78, 5) is 7.97. The predicted molar refractivity (Wildman–Crippen MR) is 69.0 cm³/mol. The molecule has 0 atom stereocenters. The molecule has 2 aromatic heterocycles. The summed E-state index contributed by atoms with van der Waals surface area (Å²) >= 11 is 6.16. The summed E-state index contributed by atoms with van der Waals surface area (Å²) in [6.07, 6.45) is 4.86. The van der Waals surface area contributed by atoms with Crippen LogP contribution in [0.3, 0.4) is 0 Å². The van der Waals surface area contributed by atoms with Crippen molar-refractivity contribution in [3.05, 3.63) is 18.6 Å². The molecule has 0 spiro atoms. The second-order valence-corrected chi connectivity index (χ2v) is 5.06. The molecule has 0 amide bonds. The van der Waals surface area contributed by atoms with Gasteiger partial charge in [0.15, 0.2) is 0 Å². The first kappa shape index (κ1) is 13.2. The van der Waals surface area contributed by atoms with E-state index in [0.29, 0.717) is 15.0 Å². The molecule has 96 valence electrons. The molecule has 8 heteroatoms. The molecule has 2 aromatic rings. The summed E-state index contributed by atoms with van der Waals surface area (Å²) in [5, 5.41) is 10.5. The zero-order valence-electron chi connectivity index (χ0n) is 9.65. The molecule has 3 rings (SSSR count). The maximum absolute atomic E-state index is 5.04. The van der Waals surface area contributed by atoms with Crippen LogP contribution in [0.5, 0.6) is 0 Å². The standard InChI is InChI=1S/C6H4N4S2.C4H9NO/c11-6-10-9-5(12-6)4-3-7-1-2-8-4;1-3-6-4-2-5-1/h1-3H,(H,10,11);5H,1-4H2. The molecule has 1 saturated heterocycles. The highest BCUT2D eigenvalue weighted by Gasteiger charge is 1.97. The van der Waals surface area contributed by atoms with Gasteiger partial charge in [0.1, 0.15) is 0 Å². The van der Waals surface area contributed by atoms with Gasteiger partial charge in [-0.1, -0.05) is 0 Å². The van der Waals surface area contributed by atoms with E-state index in [0.717, 1.165) is 26.3 Å². The largest absolute Gasteiger partial charge is 0.406 e. The molecule has 6 nitrogen and oxygen atoms in total. The van der Waals surface area contributed by atoms with Gasteiger partial charge >= 0.3 is 0 Å². The van der Waals surface area contributed by atoms with E-state index in [-0.39, 0.29) is 0 Å². The molecule has 1 aliphatic rings. The Morgan fingerprint density at radius 2 is 2.06 bits per heavy atom. The average Bonchev–Trinajstić information content (AvgIpc) is 2.89. The number of nitrogens with zero attached hydrogens (tertiary/aromatic N) is 4. The highest BCUT2D eigenvalue weighted by Crippen LogP contribution is 2.19. The van der Waals surface area contributed by atoms with Crippen LogP contribution < -0.4 is 5.32 Å². The Labute approximate surface area is 114 Å². The highest BCUT2D eigenvalue weighted by molar-refractivity contribution is 7.62. The van der Waals surface area contributed by atoms with Crippen molar-refractivity contribution in [1.82, 2.24) is 20.2 Å². The van der Waals surface area contributed by atoms with Crippen LogP contribution in [0.15, 0.2) is 22.9 Å². The smallest absolute Gasteiger partial charge is 0.0997 e. The molecule has 3 heterocycles. The first-order valence-electron chi connectivity index (χ1n) is 5.52. The number of aromatic nitrogens is 4. The minimum Gasteiger partial charge on any atom is -0.406 e. The number of hydrogen-bond donors (Lipinski definition) is 1. The molecule has 1 fully saturated rings. The summed E-state index contributed by atoms with van der Waals surface area (Å²) < 4.78 is 5.56. The van der Waals surface area contributed by atoms with Crippen molar-refractivity contribution in [2.24, 2.45) is 0 Å². The first-order valence-corrected chi connectivity index (χ1v) is 6.75. The topological polar surface area (TPSA) is 77.4 Å². The molecule has 1 aliphatic heterocycles. The minimum atomic E-state index is 0.524. The Morgan fingerprint density at radius 1 is 1.22 bits per heavy atom. The average molecular weight is 283 g/mol. The second kappa shape index (κ2) is 7.27. The van der Waals surface area contributed by atoms with Crippen LogP contribution in [0.4, 0.5) is 0 Å². The number of quaternary nitrogens is 1. The van der Waals surface area contributed by atoms with Gasteiger partial charge in [-0.3, -0.25) is 9.97 Å². The quantitative estimate of drug-likeness (QED) is 0.710. The normalized spacial score (nSPS) is 14.7. The van der Waals surface area contributed by atoms with Crippen LogP contribution >= 0.6 is 11.3 Å². The highest BCUT2D eigenvalue weighted by atomic mass is 32.2. The lowest BCUT2D eigenvalue weighted by atomic mass is 10.5. The third-order valence-electron chi connectivity index (χ3n) is 2.12. The van der Waals surface area contributed by atoms with Crippen LogP contribution in [-0.2, 0) is 17.4 Å². The van der Waals surface area contributed by atoms with Gasteiger partial charge in [-0.25, -0.2) is 0 Å². The van der Waals surface area contributed by atoms with Gasteiger partial charge in [0.05, 0.1) is 43.2 Å². The van der Waals surface area contributed by atoms with Gasteiger partial charge in [0, 0.05) is 12.4 Å². The maximum atomic E-state index is 5.04. The SMILES string of the molecule is C1COCC[NH2+]1.[S-]c1nnc(-c2cnccn2)s1. The Morgan fingerprint density at radius 3 is 2.50 bits per heavy atom. The zero-order valence-corrected chi connectivity index (χ0v) is 11.3. The summed E-state index contributed by atoms with van der Waals surface area (Å²) in [5.74, 6) is 0. The maximum Gasteiger partial charge on any atom is 0.0997 e. The van der Waals surface area contributed by atoms with Gasteiger partial charge < -0.3 is 34.0 Å². The van der Waals surface area contributed by atoms with Crippen molar-refractivity contribution in [2.45, 2.75) is 4.34 Å². The summed E-state index contributed by atoms with van der Waals surface area (Å²) in [6.45, 7) is 4.19.